The zero-order valence-electron chi connectivity index (χ0n) is 17.0. The zero-order chi connectivity index (χ0) is 22.4. The predicted octanol–water partition coefficient (Wildman–Crippen LogP) is 7.05. The second-order valence-corrected chi connectivity index (χ2v) is 7.11. The number of anilines is 1. The molecule has 0 fully saturated rings. The highest BCUT2D eigenvalue weighted by Gasteiger charge is 2.11. The lowest BCUT2D eigenvalue weighted by Crippen LogP contribution is -1.96. The van der Waals surface area contributed by atoms with Gasteiger partial charge in [-0.1, -0.05) is 61.6 Å². The van der Waals surface area contributed by atoms with Gasteiger partial charge < -0.3 is 5.73 Å². The van der Waals surface area contributed by atoms with E-state index in [1.807, 2.05) is 0 Å². The van der Waals surface area contributed by atoms with Crippen molar-refractivity contribution >= 4 is 17.3 Å². The third-order valence-electron chi connectivity index (χ3n) is 4.79. The van der Waals surface area contributed by atoms with Crippen LogP contribution in [0.15, 0.2) is 60.7 Å². The fraction of sp³-hybridized carbons (Fsp3) is 0.154. The second kappa shape index (κ2) is 9.99. The Morgan fingerprint density at radius 2 is 1.26 bits per heavy atom. The summed E-state index contributed by atoms with van der Waals surface area (Å²) in [6.07, 6.45) is 3.02. The van der Waals surface area contributed by atoms with Crippen molar-refractivity contribution in [1.82, 2.24) is 0 Å². The molecular formula is C26H21F4N. The summed E-state index contributed by atoms with van der Waals surface area (Å²) in [6, 6.07) is 14.6. The molecule has 0 radical (unpaired) electrons. The van der Waals surface area contributed by atoms with Crippen LogP contribution in [0.2, 0.25) is 0 Å². The first-order valence-corrected chi connectivity index (χ1v) is 9.90. The van der Waals surface area contributed by atoms with Gasteiger partial charge in [0.15, 0.2) is 11.7 Å². The van der Waals surface area contributed by atoms with E-state index in [0.717, 1.165) is 37.0 Å². The quantitative estimate of drug-likeness (QED) is 0.202. The van der Waals surface area contributed by atoms with Crippen molar-refractivity contribution in [3.05, 3.63) is 100 Å². The van der Waals surface area contributed by atoms with E-state index < -0.39 is 29.0 Å². The molecule has 0 unspecified atom stereocenters. The molecule has 0 saturated heterocycles. The minimum atomic E-state index is -0.969. The van der Waals surface area contributed by atoms with Crippen LogP contribution in [0.1, 0.15) is 47.6 Å². The number of unbranched alkanes of at least 4 members (excludes halogenated alkanes) is 1. The molecule has 3 aromatic rings. The number of aryl methyl sites for hydroxylation is 1. The maximum absolute atomic E-state index is 14.6. The van der Waals surface area contributed by atoms with E-state index in [4.69, 9.17) is 5.73 Å². The van der Waals surface area contributed by atoms with Crippen LogP contribution in [0.4, 0.5) is 23.2 Å². The van der Waals surface area contributed by atoms with Crippen LogP contribution in [0, 0.1) is 23.5 Å². The van der Waals surface area contributed by atoms with Crippen LogP contribution in [-0.2, 0) is 6.42 Å². The zero-order valence-corrected chi connectivity index (χ0v) is 17.0. The van der Waals surface area contributed by atoms with Crippen LogP contribution >= 0.6 is 0 Å². The first kappa shape index (κ1) is 22.2. The van der Waals surface area contributed by atoms with Gasteiger partial charge in [-0.25, -0.2) is 17.6 Å². The van der Waals surface area contributed by atoms with Gasteiger partial charge in [-0.05, 0) is 42.7 Å². The lowest BCUT2D eigenvalue weighted by molar-refractivity contribution is 0.591. The van der Waals surface area contributed by atoms with Crippen molar-refractivity contribution < 1.29 is 17.6 Å². The van der Waals surface area contributed by atoms with Crippen molar-refractivity contribution in [3.63, 3.8) is 0 Å². The molecule has 0 atom stereocenters. The van der Waals surface area contributed by atoms with Crippen molar-refractivity contribution in [2.24, 2.45) is 0 Å². The Bertz CT molecular complexity index is 1130. The molecule has 0 aliphatic carbocycles. The summed E-state index contributed by atoms with van der Waals surface area (Å²) in [4.78, 5) is 0. The molecule has 0 aliphatic heterocycles. The Labute approximate surface area is 179 Å². The average Bonchev–Trinajstić information content (AvgIpc) is 2.79. The predicted molar refractivity (Wildman–Crippen MR) is 117 cm³/mol. The average molecular weight is 423 g/mol. The van der Waals surface area contributed by atoms with Gasteiger partial charge in [0.2, 0.25) is 0 Å². The molecule has 3 aromatic carbocycles. The van der Waals surface area contributed by atoms with E-state index in [1.165, 1.54) is 24.3 Å². The third-order valence-corrected chi connectivity index (χ3v) is 4.79. The lowest BCUT2D eigenvalue weighted by atomic mass is 10.0. The molecule has 3 rings (SSSR count). The monoisotopic (exact) mass is 423 g/mol. The second-order valence-electron chi connectivity index (χ2n) is 7.11. The van der Waals surface area contributed by atoms with Gasteiger partial charge in [0, 0.05) is 22.3 Å². The van der Waals surface area contributed by atoms with Crippen LogP contribution in [-0.4, -0.2) is 0 Å². The number of nitrogen functional groups attached to an aromatic ring is 1. The van der Waals surface area contributed by atoms with E-state index in [-0.39, 0.29) is 16.7 Å². The number of rotatable bonds is 5. The highest BCUT2D eigenvalue weighted by atomic mass is 19.2. The van der Waals surface area contributed by atoms with Crippen LogP contribution in [0.5, 0.6) is 0 Å². The van der Waals surface area contributed by atoms with Gasteiger partial charge in [-0.2, -0.15) is 0 Å². The summed E-state index contributed by atoms with van der Waals surface area (Å²) in [5.41, 5.74) is 6.60. The first-order valence-electron chi connectivity index (χ1n) is 9.90. The molecule has 0 amide bonds. The maximum atomic E-state index is 14.6. The standard InChI is InChI=1S/C26H21F4N/c1-2-3-4-17-7-11-20(12-8-17)24(29)25(30)21-13-9-18(10-14-21)5-6-19-15-22(27)26(31)23(28)16-19/h7-16H,2-4,31H2,1H3. The molecule has 2 N–H and O–H groups in total. The smallest absolute Gasteiger partial charge is 0.166 e. The number of halogens is 4. The number of benzene rings is 3. The Morgan fingerprint density at radius 3 is 1.77 bits per heavy atom. The Morgan fingerprint density at radius 1 is 0.774 bits per heavy atom. The van der Waals surface area contributed by atoms with Crippen molar-refractivity contribution in [1.29, 1.82) is 0 Å². The molecule has 0 heterocycles. The van der Waals surface area contributed by atoms with Crippen molar-refractivity contribution in [3.8, 4) is 11.8 Å². The molecule has 0 aliphatic rings. The Hall–Kier alpha value is -3.52. The fourth-order valence-electron chi connectivity index (χ4n) is 2.95. The van der Waals surface area contributed by atoms with E-state index in [0.29, 0.717) is 5.56 Å². The van der Waals surface area contributed by atoms with Gasteiger partial charge in [-0.3, -0.25) is 0 Å². The summed E-state index contributed by atoms with van der Waals surface area (Å²) in [7, 11) is 0. The van der Waals surface area contributed by atoms with Crippen molar-refractivity contribution in [2.45, 2.75) is 26.2 Å². The normalized spacial score (nSPS) is 11.5. The summed E-state index contributed by atoms with van der Waals surface area (Å²) >= 11 is 0. The molecular weight excluding hydrogens is 402 g/mol. The van der Waals surface area contributed by atoms with E-state index in [1.54, 1.807) is 24.3 Å². The minimum absolute atomic E-state index is 0.0719. The third kappa shape index (κ3) is 5.55. The summed E-state index contributed by atoms with van der Waals surface area (Å²) < 4.78 is 56.1. The largest absolute Gasteiger partial charge is 0.394 e. The molecule has 1 nitrogen and oxygen atoms in total. The fourth-order valence-corrected chi connectivity index (χ4v) is 2.95. The van der Waals surface area contributed by atoms with E-state index in [9.17, 15) is 17.6 Å². The molecule has 0 spiro atoms. The van der Waals surface area contributed by atoms with Gasteiger partial charge in [0.25, 0.3) is 0 Å². The highest BCUT2D eigenvalue weighted by Crippen LogP contribution is 2.29. The maximum Gasteiger partial charge on any atom is 0.166 e. The number of hydrogen-bond donors (Lipinski definition) is 1. The van der Waals surface area contributed by atoms with Gasteiger partial charge in [-0.15, -0.1) is 0 Å². The minimum Gasteiger partial charge on any atom is -0.394 e. The van der Waals surface area contributed by atoms with Gasteiger partial charge in [0.1, 0.15) is 17.3 Å². The van der Waals surface area contributed by atoms with Gasteiger partial charge >= 0.3 is 0 Å². The SMILES string of the molecule is CCCCc1ccc(C(F)=C(F)c2ccc(C#Cc3cc(F)c(N)c(F)c3)cc2)cc1. The lowest BCUT2D eigenvalue weighted by Gasteiger charge is -2.05. The van der Waals surface area contributed by atoms with Crippen LogP contribution in [0.3, 0.4) is 0 Å². The molecule has 5 heteroatoms. The summed E-state index contributed by atoms with van der Waals surface area (Å²) in [5.74, 6) is 1.67. The van der Waals surface area contributed by atoms with E-state index in [2.05, 4.69) is 18.8 Å². The Kier molecular flexibility index (Phi) is 7.15. The number of hydrogen-bond acceptors (Lipinski definition) is 1. The van der Waals surface area contributed by atoms with E-state index >= 15 is 0 Å². The van der Waals surface area contributed by atoms with Crippen LogP contribution in [0.25, 0.3) is 11.7 Å². The topological polar surface area (TPSA) is 26.0 Å². The molecule has 0 aromatic heterocycles. The first-order chi connectivity index (χ1) is 14.9. The van der Waals surface area contributed by atoms with Crippen LogP contribution < -0.4 is 5.73 Å². The number of nitrogens with two attached hydrogens (primary N) is 1. The molecule has 31 heavy (non-hydrogen) atoms. The van der Waals surface area contributed by atoms with Gasteiger partial charge in [0.05, 0.1) is 0 Å². The summed E-state index contributed by atoms with van der Waals surface area (Å²) in [6.45, 7) is 2.10. The molecule has 0 bridgehead atoms. The molecule has 0 saturated carbocycles. The summed E-state index contributed by atoms with van der Waals surface area (Å²) in [5, 5.41) is 0. The Balaban J connectivity index is 1.78. The molecule has 158 valence electrons. The van der Waals surface area contributed by atoms with Crippen molar-refractivity contribution in [2.75, 3.05) is 5.73 Å². The highest BCUT2D eigenvalue weighted by molar-refractivity contribution is 5.83.